The third-order valence-electron chi connectivity index (χ3n) is 6.34. The number of aromatic hydroxyl groups is 1. The monoisotopic (exact) mass is 496 g/mol. The van der Waals surface area contributed by atoms with Crippen LogP contribution in [0.1, 0.15) is 24.4 Å². The number of nitrogen functional groups attached to an aromatic ring is 1. The van der Waals surface area contributed by atoms with Crippen LogP contribution in [0.5, 0.6) is 5.75 Å². The minimum absolute atomic E-state index is 0.145. The van der Waals surface area contributed by atoms with Gasteiger partial charge in [-0.25, -0.2) is 23.6 Å². The molecule has 0 bridgehead atoms. The van der Waals surface area contributed by atoms with Crippen molar-refractivity contribution in [1.82, 2.24) is 33.9 Å². The molecule has 0 aliphatic rings. The molecule has 0 unspecified atom stereocenters. The first-order chi connectivity index (χ1) is 17.8. The predicted molar refractivity (Wildman–Crippen MR) is 136 cm³/mol. The molecular weight excluding hydrogens is 475 g/mol. The molecule has 37 heavy (non-hydrogen) atoms. The van der Waals surface area contributed by atoms with Gasteiger partial charge in [-0.1, -0.05) is 18.2 Å². The Kier molecular flexibility index (Phi) is 5.00. The van der Waals surface area contributed by atoms with E-state index in [1.54, 1.807) is 20.0 Å². The zero-order valence-electron chi connectivity index (χ0n) is 19.9. The van der Waals surface area contributed by atoms with Gasteiger partial charge in [-0.2, -0.15) is 10.2 Å². The molecule has 0 amide bonds. The van der Waals surface area contributed by atoms with E-state index in [-0.39, 0.29) is 17.1 Å². The summed E-state index contributed by atoms with van der Waals surface area (Å²) in [7, 11) is 0. The lowest BCUT2D eigenvalue weighted by Gasteiger charge is -2.19. The van der Waals surface area contributed by atoms with E-state index in [1.165, 1.54) is 18.5 Å². The molecular formula is C26H21FN8O2. The maximum absolute atomic E-state index is 14.2. The van der Waals surface area contributed by atoms with Gasteiger partial charge < -0.3 is 10.8 Å². The van der Waals surface area contributed by atoms with E-state index in [1.807, 2.05) is 50.2 Å². The minimum atomic E-state index is -0.630. The van der Waals surface area contributed by atoms with Gasteiger partial charge in [0.15, 0.2) is 11.5 Å². The molecule has 184 valence electrons. The molecule has 0 radical (unpaired) electrons. The van der Waals surface area contributed by atoms with Gasteiger partial charge in [-0.15, -0.1) is 0 Å². The van der Waals surface area contributed by atoms with E-state index in [0.29, 0.717) is 39.3 Å². The number of fused-ring (bicyclic) bond motifs is 2. The number of nitrogens with two attached hydrogens (primary N) is 1. The number of phenolic OH excluding ortho intramolecular Hbond substituents is 1. The summed E-state index contributed by atoms with van der Waals surface area (Å²) in [6.45, 7) is 3.69. The molecule has 2 aromatic carbocycles. The van der Waals surface area contributed by atoms with Gasteiger partial charge in [0, 0.05) is 17.8 Å². The maximum atomic E-state index is 14.2. The van der Waals surface area contributed by atoms with Gasteiger partial charge in [0.2, 0.25) is 0 Å². The summed E-state index contributed by atoms with van der Waals surface area (Å²) in [6.07, 6.45) is 3.05. The van der Waals surface area contributed by atoms with Gasteiger partial charge in [-0.3, -0.25) is 9.36 Å². The summed E-state index contributed by atoms with van der Waals surface area (Å²) < 4.78 is 18.9. The molecule has 6 rings (SSSR count). The van der Waals surface area contributed by atoms with Crippen molar-refractivity contribution in [3.63, 3.8) is 0 Å². The summed E-state index contributed by atoms with van der Waals surface area (Å²) in [4.78, 5) is 22.2. The van der Waals surface area contributed by atoms with Crippen LogP contribution in [-0.2, 0) is 0 Å². The van der Waals surface area contributed by atoms with Crippen LogP contribution in [0, 0.1) is 12.7 Å². The van der Waals surface area contributed by atoms with Crippen LogP contribution in [0.15, 0.2) is 71.9 Å². The number of anilines is 1. The maximum Gasteiger partial charge on any atom is 0.282 e. The van der Waals surface area contributed by atoms with E-state index >= 15 is 0 Å². The number of hydrogen-bond donors (Lipinski definition) is 2. The van der Waals surface area contributed by atoms with Gasteiger partial charge in [0.05, 0.1) is 11.1 Å². The third-order valence-corrected chi connectivity index (χ3v) is 6.34. The highest BCUT2D eigenvalue weighted by Crippen LogP contribution is 2.34. The second-order valence-corrected chi connectivity index (χ2v) is 8.75. The molecule has 0 saturated carbocycles. The van der Waals surface area contributed by atoms with Crippen LogP contribution < -0.4 is 11.3 Å². The highest BCUT2D eigenvalue weighted by molar-refractivity contribution is 5.98. The molecule has 6 aromatic rings. The van der Waals surface area contributed by atoms with Crippen LogP contribution in [0.25, 0.3) is 33.5 Å². The number of benzene rings is 2. The lowest BCUT2D eigenvalue weighted by molar-refractivity contribution is 0.469. The van der Waals surface area contributed by atoms with Crippen LogP contribution in [0.3, 0.4) is 0 Å². The Hall–Kier alpha value is -5.06. The van der Waals surface area contributed by atoms with Crippen LogP contribution in [-0.4, -0.2) is 39.0 Å². The van der Waals surface area contributed by atoms with E-state index < -0.39 is 11.9 Å². The SMILES string of the molecule is Cc1ccn2nc([C@H](C)n3nc(-c4cc(O)cc(F)c4)c4c(N)ncnc43)n(-c3ccccc3)c(=O)c12. The minimum Gasteiger partial charge on any atom is -0.508 e. The number of nitrogens with zero attached hydrogens (tertiary/aromatic N) is 7. The number of hydrogen-bond acceptors (Lipinski definition) is 7. The van der Waals surface area contributed by atoms with E-state index in [4.69, 9.17) is 15.9 Å². The fraction of sp³-hybridized carbons (Fsp3) is 0.115. The Morgan fingerprint density at radius 3 is 2.59 bits per heavy atom. The molecule has 10 nitrogen and oxygen atoms in total. The summed E-state index contributed by atoms with van der Waals surface area (Å²) in [5, 5.41) is 19.9. The van der Waals surface area contributed by atoms with Crippen molar-refractivity contribution in [2.75, 3.05) is 5.73 Å². The first-order valence-corrected chi connectivity index (χ1v) is 11.5. The molecule has 1 atom stereocenters. The number of rotatable bonds is 4. The van der Waals surface area contributed by atoms with Gasteiger partial charge in [-0.05, 0) is 49.7 Å². The van der Waals surface area contributed by atoms with Crippen LogP contribution in [0.4, 0.5) is 10.2 Å². The number of aromatic nitrogens is 7. The molecule has 0 saturated heterocycles. The van der Waals surface area contributed by atoms with Crippen molar-refractivity contribution in [2.24, 2.45) is 0 Å². The second-order valence-electron chi connectivity index (χ2n) is 8.75. The molecule has 11 heteroatoms. The number of halogens is 1. The van der Waals surface area contributed by atoms with E-state index in [9.17, 15) is 14.3 Å². The normalized spacial score (nSPS) is 12.4. The highest BCUT2D eigenvalue weighted by atomic mass is 19.1. The highest BCUT2D eigenvalue weighted by Gasteiger charge is 2.26. The fourth-order valence-electron chi connectivity index (χ4n) is 4.62. The average molecular weight is 497 g/mol. The molecule has 0 spiro atoms. The number of aryl methyl sites for hydroxylation is 1. The number of phenols is 1. The van der Waals surface area contributed by atoms with Crippen molar-refractivity contribution >= 4 is 22.4 Å². The Bertz CT molecular complexity index is 1850. The van der Waals surface area contributed by atoms with Crippen molar-refractivity contribution in [3.05, 3.63) is 94.7 Å². The van der Waals surface area contributed by atoms with E-state index in [0.717, 1.165) is 11.6 Å². The largest absolute Gasteiger partial charge is 0.508 e. The van der Waals surface area contributed by atoms with Crippen molar-refractivity contribution < 1.29 is 9.50 Å². The first-order valence-electron chi connectivity index (χ1n) is 11.5. The Balaban J connectivity index is 1.65. The van der Waals surface area contributed by atoms with Crippen LogP contribution in [0.2, 0.25) is 0 Å². The molecule has 0 fully saturated rings. The molecule has 3 N–H and O–H groups in total. The molecule has 0 aliphatic heterocycles. The first kappa shape index (κ1) is 22.4. The lowest BCUT2D eigenvalue weighted by Crippen LogP contribution is -2.29. The van der Waals surface area contributed by atoms with Gasteiger partial charge in [0.25, 0.3) is 5.56 Å². The zero-order valence-corrected chi connectivity index (χ0v) is 19.9. The summed E-state index contributed by atoms with van der Waals surface area (Å²) >= 11 is 0. The number of para-hydroxylation sites is 1. The lowest BCUT2D eigenvalue weighted by atomic mass is 10.1. The Labute approximate surface area is 209 Å². The van der Waals surface area contributed by atoms with Crippen molar-refractivity contribution in [1.29, 1.82) is 0 Å². The summed E-state index contributed by atoms with van der Waals surface area (Å²) in [6, 6.07) is 14.1. The van der Waals surface area contributed by atoms with Crippen molar-refractivity contribution in [3.8, 4) is 22.7 Å². The van der Waals surface area contributed by atoms with Crippen LogP contribution >= 0.6 is 0 Å². The smallest absolute Gasteiger partial charge is 0.282 e. The molecule has 4 heterocycles. The molecule has 0 aliphatic carbocycles. The van der Waals surface area contributed by atoms with Crippen molar-refractivity contribution in [2.45, 2.75) is 19.9 Å². The van der Waals surface area contributed by atoms with E-state index in [2.05, 4.69) is 9.97 Å². The topological polar surface area (TPSA) is 129 Å². The standard InChI is InChI=1S/C26H21FN8O2/c1-14-8-9-33-22(14)26(37)34(18-6-4-3-5-7-18)24(32-33)15(2)35-25-20(23(28)29-13-30-25)21(31-35)16-10-17(27)12-19(36)11-16/h3-13,15,36H,1-2H3,(H2,28,29,30)/t15-/m0/s1. The summed E-state index contributed by atoms with van der Waals surface area (Å²) in [5.74, 6) is -0.343. The van der Waals surface area contributed by atoms with Gasteiger partial charge >= 0.3 is 0 Å². The Morgan fingerprint density at radius 1 is 1.05 bits per heavy atom. The summed E-state index contributed by atoms with van der Waals surface area (Å²) in [5.41, 5.74) is 8.86. The average Bonchev–Trinajstić information content (AvgIpc) is 3.45. The quantitative estimate of drug-likeness (QED) is 0.381. The van der Waals surface area contributed by atoms with Gasteiger partial charge in [0.1, 0.15) is 41.0 Å². The fourth-order valence-corrected chi connectivity index (χ4v) is 4.62. The second kappa shape index (κ2) is 8.26. The molecule has 4 aromatic heterocycles. The Morgan fingerprint density at radius 2 is 1.84 bits per heavy atom. The zero-order chi connectivity index (χ0) is 25.8. The predicted octanol–water partition coefficient (Wildman–Crippen LogP) is 3.64. The third kappa shape index (κ3) is 3.51.